The van der Waals surface area contributed by atoms with Crippen LogP contribution in [0.4, 0.5) is 5.69 Å². The van der Waals surface area contributed by atoms with E-state index in [1.165, 1.54) is 12.8 Å². The molecule has 0 unspecified atom stereocenters. The van der Waals surface area contributed by atoms with Gasteiger partial charge in [0, 0.05) is 24.3 Å². The predicted molar refractivity (Wildman–Crippen MR) is 91.4 cm³/mol. The first-order valence-corrected chi connectivity index (χ1v) is 8.12. The summed E-state index contributed by atoms with van der Waals surface area (Å²) >= 11 is 0. The lowest BCUT2D eigenvalue weighted by molar-refractivity contribution is 0.339. The molecule has 1 fully saturated rings. The van der Waals surface area contributed by atoms with Crippen LogP contribution in [0.1, 0.15) is 25.7 Å². The predicted octanol–water partition coefficient (Wildman–Crippen LogP) is 4.41. The summed E-state index contributed by atoms with van der Waals surface area (Å²) in [5.74, 6) is 2.46. The van der Waals surface area contributed by atoms with Gasteiger partial charge in [-0.25, -0.2) is 0 Å². The van der Waals surface area contributed by atoms with E-state index < -0.39 is 0 Å². The smallest absolute Gasteiger partial charge is 0.129 e. The van der Waals surface area contributed by atoms with Crippen molar-refractivity contribution in [1.82, 2.24) is 0 Å². The summed E-state index contributed by atoms with van der Waals surface area (Å²) in [6.45, 7) is 1.02. The van der Waals surface area contributed by atoms with Gasteiger partial charge in [-0.1, -0.05) is 24.3 Å². The highest BCUT2D eigenvalue weighted by atomic mass is 16.5. The van der Waals surface area contributed by atoms with Crippen LogP contribution in [-0.2, 0) is 0 Å². The van der Waals surface area contributed by atoms with E-state index in [-0.39, 0.29) is 0 Å². The first kappa shape index (κ1) is 14.9. The minimum Gasteiger partial charge on any atom is -0.457 e. The molecule has 3 nitrogen and oxygen atoms in total. The van der Waals surface area contributed by atoms with Crippen molar-refractivity contribution in [1.29, 1.82) is 0 Å². The third-order valence-electron chi connectivity index (χ3n) is 4.30. The van der Waals surface area contributed by atoms with Crippen LogP contribution in [0.15, 0.2) is 54.6 Å². The van der Waals surface area contributed by atoms with Crippen molar-refractivity contribution in [2.75, 3.05) is 11.9 Å². The van der Waals surface area contributed by atoms with Crippen LogP contribution in [0.5, 0.6) is 11.5 Å². The van der Waals surface area contributed by atoms with Gasteiger partial charge in [0.05, 0.1) is 0 Å². The Labute approximate surface area is 132 Å². The van der Waals surface area contributed by atoms with Gasteiger partial charge in [-0.3, -0.25) is 0 Å². The monoisotopic (exact) mass is 296 g/mol. The second-order valence-corrected chi connectivity index (χ2v) is 6.10. The maximum atomic E-state index is 5.96. The van der Waals surface area contributed by atoms with Crippen molar-refractivity contribution in [2.45, 2.75) is 31.7 Å². The molecule has 3 rings (SSSR count). The maximum Gasteiger partial charge on any atom is 0.129 e. The first-order chi connectivity index (χ1) is 10.8. The Balaban J connectivity index is 1.55. The van der Waals surface area contributed by atoms with Crippen LogP contribution in [0.2, 0.25) is 0 Å². The number of benzene rings is 2. The van der Waals surface area contributed by atoms with Crippen molar-refractivity contribution in [3.05, 3.63) is 54.6 Å². The zero-order chi connectivity index (χ0) is 15.2. The molecule has 2 aromatic rings. The standard InChI is InChI=1S/C19H24N2O/c20-16-11-9-15(10-12-16)14-21-17-5-4-8-19(13-17)22-18-6-2-1-3-7-18/h1-8,13,15-16,21H,9-12,14,20H2. The fraction of sp³-hybridized carbons (Fsp3) is 0.368. The number of hydrogen-bond acceptors (Lipinski definition) is 3. The number of para-hydroxylation sites is 1. The summed E-state index contributed by atoms with van der Waals surface area (Å²) in [5.41, 5.74) is 7.07. The second-order valence-electron chi connectivity index (χ2n) is 6.10. The summed E-state index contributed by atoms with van der Waals surface area (Å²) < 4.78 is 5.87. The van der Waals surface area contributed by atoms with E-state index in [9.17, 15) is 0 Å². The van der Waals surface area contributed by atoms with Crippen LogP contribution in [0, 0.1) is 5.92 Å². The lowest BCUT2D eigenvalue weighted by atomic mass is 9.86. The maximum absolute atomic E-state index is 5.96. The van der Waals surface area contributed by atoms with Crippen molar-refractivity contribution in [2.24, 2.45) is 11.7 Å². The Kier molecular flexibility index (Phi) is 4.96. The summed E-state index contributed by atoms with van der Waals surface area (Å²) in [4.78, 5) is 0. The largest absolute Gasteiger partial charge is 0.457 e. The Hall–Kier alpha value is -2.00. The quantitative estimate of drug-likeness (QED) is 0.859. The SMILES string of the molecule is NC1CCC(CNc2cccc(Oc3ccccc3)c2)CC1. The summed E-state index contributed by atoms with van der Waals surface area (Å²) in [6.07, 6.45) is 4.77. The molecule has 22 heavy (non-hydrogen) atoms. The van der Waals surface area contributed by atoms with Gasteiger partial charge in [0.1, 0.15) is 11.5 Å². The van der Waals surface area contributed by atoms with Crippen molar-refractivity contribution in [3.8, 4) is 11.5 Å². The third-order valence-corrected chi connectivity index (χ3v) is 4.30. The Bertz CT molecular complexity index is 577. The van der Waals surface area contributed by atoms with Crippen LogP contribution in [0.3, 0.4) is 0 Å². The van der Waals surface area contributed by atoms with Crippen LogP contribution < -0.4 is 15.8 Å². The van der Waals surface area contributed by atoms with Gasteiger partial charge in [-0.2, -0.15) is 0 Å². The zero-order valence-electron chi connectivity index (χ0n) is 12.9. The minimum atomic E-state index is 0.416. The third kappa shape index (κ3) is 4.25. The average molecular weight is 296 g/mol. The molecular formula is C19H24N2O. The van der Waals surface area contributed by atoms with E-state index in [1.54, 1.807) is 0 Å². The molecule has 0 bridgehead atoms. The van der Waals surface area contributed by atoms with Gasteiger partial charge in [0.25, 0.3) is 0 Å². The molecule has 1 aliphatic rings. The minimum absolute atomic E-state index is 0.416. The van der Waals surface area contributed by atoms with Gasteiger partial charge in [0.2, 0.25) is 0 Å². The van der Waals surface area contributed by atoms with Gasteiger partial charge in [0.15, 0.2) is 0 Å². The van der Waals surface area contributed by atoms with Crippen molar-refractivity contribution >= 4 is 5.69 Å². The number of rotatable bonds is 5. The van der Waals surface area contributed by atoms with Crippen molar-refractivity contribution < 1.29 is 4.74 Å². The van der Waals surface area contributed by atoms with Crippen LogP contribution in [0.25, 0.3) is 0 Å². The highest BCUT2D eigenvalue weighted by molar-refractivity contribution is 5.49. The van der Waals surface area contributed by atoms with Gasteiger partial charge < -0.3 is 15.8 Å². The Morgan fingerprint density at radius 1 is 0.909 bits per heavy atom. The molecule has 0 saturated heterocycles. The summed E-state index contributed by atoms with van der Waals surface area (Å²) in [7, 11) is 0. The molecular weight excluding hydrogens is 272 g/mol. The normalized spacial score (nSPS) is 21.3. The summed E-state index contributed by atoms with van der Waals surface area (Å²) in [5, 5.41) is 3.53. The van der Waals surface area contributed by atoms with Gasteiger partial charge in [-0.15, -0.1) is 0 Å². The molecule has 0 atom stereocenters. The van der Waals surface area contributed by atoms with E-state index in [0.29, 0.717) is 6.04 Å². The number of ether oxygens (including phenoxy) is 1. The van der Waals surface area contributed by atoms with Gasteiger partial charge in [-0.05, 0) is 55.9 Å². The number of hydrogen-bond donors (Lipinski definition) is 2. The molecule has 0 spiro atoms. The molecule has 3 N–H and O–H groups in total. The molecule has 0 heterocycles. The lowest BCUT2D eigenvalue weighted by Gasteiger charge is -2.26. The van der Waals surface area contributed by atoms with Gasteiger partial charge >= 0.3 is 0 Å². The molecule has 1 aliphatic carbocycles. The molecule has 1 saturated carbocycles. The van der Waals surface area contributed by atoms with E-state index in [0.717, 1.165) is 42.5 Å². The highest BCUT2D eigenvalue weighted by Gasteiger charge is 2.18. The molecule has 0 aliphatic heterocycles. The Morgan fingerprint density at radius 3 is 2.41 bits per heavy atom. The molecule has 3 heteroatoms. The zero-order valence-corrected chi connectivity index (χ0v) is 12.9. The van der Waals surface area contributed by atoms with E-state index in [1.807, 2.05) is 42.5 Å². The second kappa shape index (κ2) is 7.32. The fourth-order valence-electron chi connectivity index (χ4n) is 2.95. The van der Waals surface area contributed by atoms with Crippen LogP contribution in [-0.4, -0.2) is 12.6 Å². The fourth-order valence-corrected chi connectivity index (χ4v) is 2.95. The number of anilines is 1. The molecule has 2 aromatic carbocycles. The molecule has 0 aromatic heterocycles. The van der Waals surface area contributed by atoms with Crippen LogP contribution >= 0.6 is 0 Å². The van der Waals surface area contributed by atoms with E-state index >= 15 is 0 Å². The average Bonchev–Trinajstić information content (AvgIpc) is 2.56. The number of nitrogens with two attached hydrogens (primary N) is 1. The van der Waals surface area contributed by atoms with E-state index in [2.05, 4.69) is 17.4 Å². The highest BCUT2D eigenvalue weighted by Crippen LogP contribution is 2.26. The number of nitrogens with one attached hydrogen (secondary N) is 1. The molecule has 0 amide bonds. The first-order valence-electron chi connectivity index (χ1n) is 8.12. The summed E-state index contributed by atoms with van der Waals surface area (Å²) in [6, 6.07) is 18.4. The molecule has 0 radical (unpaired) electrons. The topological polar surface area (TPSA) is 47.3 Å². The molecule has 116 valence electrons. The van der Waals surface area contributed by atoms with Crippen molar-refractivity contribution in [3.63, 3.8) is 0 Å². The van der Waals surface area contributed by atoms with E-state index in [4.69, 9.17) is 10.5 Å². The Morgan fingerprint density at radius 2 is 1.64 bits per heavy atom. The lowest BCUT2D eigenvalue weighted by Crippen LogP contribution is -2.29.